The highest BCUT2D eigenvalue weighted by molar-refractivity contribution is 14.1. The summed E-state index contributed by atoms with van der Waals surface area (Å²) in [6, 6.07) is 4.35. The molecule has 20 heavy (non-hydrogen) atoms. The number of hydrogen-bond donors (Lipinski definition) is 3. The van der Waals surface area contributed by atoms with E-state index in [0.29, 0.717) is 10.9 Å². The molecule has 1 aliphatic heterocycles. The Kier molecular flexibility index (Phi) is 4.39. The van der Waals surface area contributed by atoms with E-state index in [4.69, 9.17) is 5.73 Å². The van der Waals surface area contributed by atoms with E-state index in [9.17, 15) is 5.11 Å². The SMILES string of the molecule is Nc1nc2c(s1)C(Cc1cc(I)c(O)c(I)c1)NCC2. The van der Waals surface area contributed by atoms with Crippen LogP contribution in [0.3, 0.4) is 0 Å². The van der Waals surface area contributed by atoms with Crippen LogP contribution in [0.1, 0.15) is 22.2 Å². The molecule has 1 aromatic carbocycles. The molecule has 2 aromatic rings. The second-order valence-electron chi connectivity index (χ2n) is 4.73. The van der Waals surface area contributed by atoms with E-state index < -0.39 is 0 Å². The molecule has 0 spiro atoms. The van der Waals surface area contributed by atoms with Crippen LogP contribution in [0.5, 0.6) is 5.75 Å². The highest BCUT2D eigenvalue weighted by atomic mass is 127. The third kappa shape index (κ3) is 2.90. The van der Waals surface area contributed by atoms with Crippen LogP contribution in [-0.2, 0) is 12.8 Å². The summed E-state index contributed by atoms with van der Waals surface area (Å²) in [5.41, 5.74) is 8.18. The van der Waals surface area contributed by atoms with Gasteiger partial charge in [-0.15, -0.1) is 11.3 Å². The first-order valence-corrected chi connectivity index (χ1v) is 9.17. The molecule has 1 aromatic heterocycles. The molecule has 7 heteroatoms. The van der Waals surface area contributed by atoms with Crippen LogP contribution < -0.4 is 11.1 Å². The topological polar surface area (TPSA) is 71.2 Å². The number of anilines is 1. The Morgan fingerprint density at radius 2 is 2.10 bits per heavy atom. The molecule has 106 valence electrons. The van der Waals surface area contributed by atoms with Gasteiger partial charge in [-0.1, -0.05) is 0 Å². The summed E-state index contributed by atoms with van der Waals surface area (Å²) in [7, 11) is 0. The minimum absolute atomic E-state index is 0.268. The molecule has 0 amide bonds. The van der Waals surface area contributed by atoms with E-state index in [2.05, 4.69) is 55.5 Å². The van der Waals surface area contributed by atoms with Crippen LogP contribution in [0.15, 0.2) is 12.1 Å². The summed E-state index contributed by atoms with van der Waals surface area (Å²) in [6.45, 7) is 0.938. The van der Waals surface area contributed by atoms with Gasteiger partial charge >= 0.3 is 0 Å². The molecule has 0 bridgehead atoms. The van der Waals surface area contributed by atoms with Crippen LogP contribution in [0, 0.1) is 7.14 Å². The average molecular weight is 513 g/mol. The number of thiazole rings is 1. The number of nitrogens with two attached hydrogens (primary N) is 1. The number of aromatic hydroxyl groups is 1. The van der Waals surface area contributed by atoms with Crippen molar-refractivity contribution in [3.05, 3.63) is 35.4 Å². The quantitative estimate of drug-likeness (QED) is 0.541. The Balaban J connectivity index is 1.89. The molecule has 4 N–H and O–H groups in total. The second kappa shape index (κ2) is 5.93. The lowest BCUT2D eigenvalue weighted by molar-refractivity contribution is 0.466. The van der Waals surface area contributed by atoms with Gasteiger partial charge in [0.15, 0.2) is 5.13 Å². The van der Waals surface area contributed by atoms with Crippen molar-refractivity contribution in [2.75, 3.05) is 12.3 Å². The first-order chi connectivity index (χ1) is 9.54. The summed E-state index contributed by atoms with van der Waals surface area (Å²) in [6.07, 6.45) is 1.84. The van der Waals surface area contributed by atoms with Gasteiger partial charge in [-0.2, -0.15) is 0 Å². The molecule has 0 fully saturated rings. The average Bonchev–Trinajstić information content (AvgIpc) is 2.77. The summed E-state index contributed by atoms with van der Waals surface area (Å²) in [5, 5.41) is 14.0. The third-order valence-electron chi connectivity index (χ3n) is 3.33. The largest absolute Gasteiger partial charge is 0.506 e. The highest BCUT2D eigenvalue weighted by Crippen LogP contribution is 2.34. The first-order valence-electron chi connectivity index (χ1n) is 6.20. The number of nitrogens with one attached hydrogen (secondary N) is 1. The molecule has 1 unspecified atom stereocenters. The van der Waals surface area contributed by atoms with Gasteiger partial charge in [0.1, 0.15) is 5.75 Å². The summed E-state index contributed by atoms with van der Waals surface area (Å²) in [4.78, 5) is 5.66. The van der Waals surface area contributed by atoms with Crippen molar-refractivity contribution >= 4 is 61.7 Å². The molecule has 1 atom stereocenters. The van der Waals surface area contributed by atoms with Crippen molar-refractivity contribution in [3.63, 3.8) is 0 Å². The van der Waals surface area contributed by atoms with E-state index in [1.807, 2.05) is 12.1 Å². The minimum Gasteiger partial charge on any atom is -0.506 e. The fourth-order valence-corrected chi connectivity index (χ4v) is 5.28. The lowest BCUT2D eigenvalue weighted by Gasteiger charge is -2.23. The van der Waals surface area contributed by atoms with Gasteiger partial charge in [-0.05, 0) is 69.3 Å². The lowest BCUT2D eigenvalue weighted by atomic mass is 10.00. The molecular formula is C13H13I2N3OS. The number of rotatable bonds is 2. The Hall–Kier alpha value is -0.130. The maximum Gasteiger partial charge on any atom is 0.180 e. The maximum absolute atomic E-state index is 9.84. The van der Waals surface area contributed by atoms with Gasteiger partial charge in [-0.25, -0.2) is 4.98 Å². The molecule has 1 aliphatic rings. The predicted octanol–water partition coefficient (Wildman–Crippen LogP) is 3.07. The molecule has 0 radical (unpaired) electrons. The molecule has 0 saturated heterocycles. The Labute approximate surface area is 148 Å². The highest BCUT2D eigenvalue weighted by Gasteiger charge is 2.24. The maximum atomic E-state index is 9.84. The monoisotopic (exact) mass is 513 g/mol. The molecular weight excluding hydrogens is 500 g/mol. The number of fused-ring (bicyclic) bond motifs is 1. The van der Waals surface area contributed by atoms with Gasteiger partial charge < -0.3 is 16.2 Å². The number of nitrogens with zero attached hydrogens (tertiary/aromatic N) is 1. The van der Waals surface area contributed by atoms with E-state index in [0.717, 1.165) is 32.2 Å². The number of aromatic nitrogens is 1. The van der Waals surface area contributed by atoms with Crippen LogP contribution in [-0.4, -0.2) is 16.6 Å². The van der Waals surface area contributed by atoms with Crippen molar-refractivity contribution in [1.29, 1.82) is 0 Å². The van der Waals surface area contributed by atoms with Gasteiger partial charge in [0.05, 0.1) is 12.8 Å². The molecule has 4 nitrogen and oxygen atoms in total. The summed E-state index contributed by atoms with van der Waals surface area (Å²) in [5.74, 6) is 0.370. The van der Waals surface area contributed by atoms with Gasteiger partial charge in [-0.3, -0.25) is 0 Å². The van der Waals surface area contributed by atoms with Crippen LogP contribution in [0.2, 0.25) is 0 Å². The second-order valence-corrected chi connectivity index (χ2v) is 8.12. The summed E-state index contributed by atoms with van der Waals surface area (Å²) < 4.78 is 1.79. The van der Waals surface area contributed by atoms with Crippen molar-refractivity contribution < 1.29 is 5.11 Å². The summed E-state index contributed by atoms with van der Waals surface area (Å²) >= 11 is 5.92. The van der Waals surface area contributed by atoms with Gasteiger partial charge in [0.2, 0.25) is 0 Å². The Morgan fingerprint density at radius 3 is 2.80 bits per heavy atom. The normalized spacial score (nSPS) is 18.0. The smallest absolute Gasteiger partial charge is 0.180 e. The van der Waals surface area contributed by atoms with Crippen molar-refractivity contribution in [1.82, 2.24) is 10.3 Å². The molecule has 2 heterocycles. The third-order valence-corrected chi connectivity index (χ3v) is 6.01. The number of phenols is 1. The fraction of sp³-hybridized carbons (Fsp3) is 0.308. The van der Waals surface area contributed by atoms with Gasteiger partial charge in [0, 0.05) is 23.9 Å². The Morgan fingerprint density at radius 1 is 1.40 bits per heavy atom. The van der Waals surface area contributed by atoms with Crippen molar-refractivity contribution in [2.45, 2.75) is 18.9 Å². The molecule has 0 aliphatic carbocycles. The zero-order chi connectivity index (χ0) is 14.3. The number of hydrogen-bond acceptors (Lipinski definition) is 5. The standard InChI is InChI=1S/C13H13I2N3OS/c14-7-3-6(4-8(15)11(7)19)5-10-12-9(1-2-17-10)18-13(16)20-12/h3-4,10,17,19H,1-2,5H2,(H2,16,18). The number of benzene rings is 1. The first kappa shape index (κ1) is 14.8. The minimum atomic E-state index is 0.268. The molecule has 3 rings (SSSR count). The predicted molar refractivity (Wildman–Crippen MR) is 98.2 cm³/mol. The Bertz CT molecular complexity index is 636. The van der Waals surface area contributed by atoms with Crippen LogP contribution >= 0.6 is 56.5 Å². The van der Waals surface area contributed by atoms with E-state index >= 15 is 0 Å². The lowest BCUT2D eigenvalue weighted by Crippen LogP contribution is -2.30. The van der Waals surface area contributed by atoms with Crippen molar-refractivity contribution in [2.24, 2.45) is 0 Å². The zero-order valence-corrected chi connectivity index (χ0v) is 15.6. The van der Waals surface area contributed by atoms with Crippen molar-refractivity contribution in [3.8, 4) is 5.75 Å². The molecule has 0 saturated carbocycles. The van der Waals surface area contributed by atoms with Crippen LogP contribution in [0.4, 0.5) is 5.13 Å². The van der Waals surface area contributed by atoms with E-state index in [1.165, 1.54) is 10.4 Å². The number of halogens is 2. The number of phenolic OH excluding ortho intramolecular Hbond substituents is 1. The van der Waals surface area contributed by atoms with Gasteiger partial charge in [0.25, 0.3) is 0 Å². The van der Waals surface area contributed by atoms with Crippen LogP contribution in [0.25, 0.3) is 0 Å². The fourth-order valence-electron chi connectivity index (χ4n) is 2.43. The van der Waals surface area contributed by atoms with E-state index in [-0.39, 0.29) is 6.04 Å². The van der Waals surface area contributed by atoms with E-state index in [1.54, 1.807) is 11.3 Å². The number of nitrogen functional groups attached to an aromatic ring is 1. The zero-order valence-electron chi connectivity index (χ0n) is 10.5.